The summed E-state index contributed by atoms with van der Waals surface area (Å²) in [6.07, 6.45) is 1.39. The minimum Gasteiger partial charge on any atom is -0.503 e. The number of nitrogens with zero attached hydrogens (tertiary/aromatic N) is 2. The molecule has 1 aliphatic rings. The fraction of sp³-hybridized carbons (Fsp3) is 0.273. The molecule has 7 nitrogen and oxygen atoms in total. The Kier molecular flexibility index (Phi) is 5.77. The molecule has 1 atom stereocenters. The van der Waals surface area contributed by atoms with E-state index in [1.54, 1.807) is 63.4 Å². The lowest BCUT2D eigenvalue weighted by atomic mass is 9.98. The zero-order valence-corrected chi connectivity index (χ0v) is 16.5. The van der Waals surface area contributed by atoms with Gasteiger partial charge in [-0.25, -0.2) is 4.79 Å². The fourth-order valence-electron chi connectivity index (χ4n) is 3.23. The van der Waals surface area contributed by atoms with E-state index in [4.69, 9.17) is 4.74 Å². The number of aromatic nitrogens is 1. The highest BCUT2D eigenvalue weighted by molar-refractivity contribution is 6.16. The Bertz CT molecular complexity index is 982. The number of aliphatic hydroxyl groups is 1. The van der Waals surface area contributed by atoms with E-state index in [0.29, 0.717) is 11.4 Å². The van der Waals surface area contributed by atoms with Gasteiger partial charge >= 0.3 is 5.97 Å². The van der Waals surface area contributed by atoms with Crippen LogP contribution in [0.2, 0.25) is 0 Å². The smallest absolute Gasteiger partial charge is 0.338 e. The molecule has 0 aliphatic carbocycles. The molecule has 150 valence electrons. The number of pyridine rings is 1. The van der Waals surface area contributed by atoms with Crippen LogP contribution in [0.3, 0.4) is 0 Å². The van der Waals surface area contributed by atoms with E-state index in [1.165, 1.54) is 11.0 Å². The number of rotatable bonds is 6. The quantitative estimate of drug-likeness (QED) is 0.753. The molecule has 2 heterocycles. The maximum atomic E-state index is 12.9. The number of ketones is 1. The van der Waals surface area contributed by atoms with Gasteiger partial charge in [0.15, 0.2) is 11.5 Å². The van der Waals surface area contributed by atoms with Crippen molar-refractivity contribution in [2.75, 3.05) is 4.90 Å². The first-order chi connectivity index (χ1) is 13.8. The second-order valence-electron chi connectivity index (χ2n) is 6.88. The summed E-state index contributed by atoms with van der Waals surface area (Å²) in [5.41, 5.74) is 1.07. The van der Waals surface area contributed by atoms with Crippen molar-refractivity contribution in [2.45, 2.75) is 39.3 Å². The van der Waals surface area contributed by atoms with Crippen LogP contribution >= 0.6 is 0 Å². The van der Waals surface area contributed by atoms with E-state index in [9.17, 15) is 19.5 Å². The van der Waals surface area contributed by atoms with Crippen molar-refractivity contribution >= 4 is 23.3 Å². The van der Waals surface area contributed by atoms with Crippen LogP contribution in [-0.4, -0.2) is 33.9 Å². The summed E-state index contributed by atoms with van der Waals surface area (Å²) in [7, 11) is 0. The minimum atomic E-state index is -0.882. The Hall–Kier alpha value is -3.48. The Morgan fingerprint density at radius 2 is 1.97 bits per heavy atom. The van der Waals surface area contributed by atoms with Crippen molar-refractivity contribution in [1.29, 1.82) is 0 Å². The number of amides is 1. The van der Waals surface area contributed by atoms with Gasteiger partial charge in [-0.2, -0.15) is 0 Å². The number of ether oxygens (including phenoxy) is 1. The van der Waals surface area contributed by atoms with Crippen LogP contribution in [0.15, 0.2) is 60.0 Å². The van der Waals surface area contributed by atoms with Crippen LogP contribution in [0.5, 0.6) is 0 Å². The molecule has 1 aliphatic heterocycles. The number of anilines is 1. The Balaban J connectivity index is 2.10. The normalized spacial score (nSPS) is 16.5. The van der Waals surface area contributed by atoms with Gasteiger partial charge in [-0.1, -0.05) is 19.1 Å². The summed E-state index contributed by atoms with van der Waals surface area (Å²) in [5, 5.41) is 10.5. The van der Waals surface area contributed by atoms with Gasteiger partial charge in [-0.15, -0.1) is 0 Å². The standard InChI is InChI=1S/C22H22N2O5/c1-4-17(25)18-19(16-10-5-6-11-23-16)24(21(27)20(18)26)15-9-7-8-14(12-15)22(28)29-13(2)3/h5-13,19,26H,4H2,1-3H3. The second-order valence-corrected chi connectivity index (χ2v) is 6.88. The predicted octanol–water partition coefficient (Wildman–Crippen LogP) is 3.53. The van der Waals surface area contributed by atoms with Crippen molar-refractivity contribution < 1.29 is 24.2 Å². The molecular weight excluding hydrogens is 372 g/mol. The molecular formula is C22H22N2O5. The summed E-state index contributed by atoms with van der Waals surface area (Å²) in [6, 6.07) is 10.6. The van der Waals surface area contributed by atoms with Crippen LogP contribution in [-0.2, 0) is 14.3 Å². The van der Waals surface area contributed by atoms with Gasteiger partial charge < -0.3 is 9.84 Å². The number of esters is 1. The summed E-state index contributed by atoms with van der Waals surface area (Å²) < 4.78 is 5.22. The van der Waals surface area contributed by atoms with Crippen LogP contribution in [0.1, 0.15) is 49.3 Å². The van der Waals surface area contributed by atoms with Crippen molar-refractivity contribution in [2.24, 2.45) is 0 Å². The highest BCUT2D eigenvalue weighted by Gasteiger charge is 2.44. The molecule has 1 amide bonds. The van der Waals surface area contributed by atoms with Crippen LogP contribution in [0.25, 0.3) is 0 Å². The Morgan fingerprint density at radius 1 is 1.21 bits per heavy atom. The van der Waals surface area contributed by atoms with E-state index in [2.05, 4.69) is 4.98 Å². The van der Waals surface area contributed by atoms with Gasteiger partial charge in [0, 0.05) is 18.3 Å². The number of Topliss-reactive ketones (excluding diaryl/α,β-unsaturated/α-hetero) is 1. The minimum absolute atomic E-state index is 0.00589. The predicted molar refractivity (Wildman–Crippen MR) is 106 cm³/mol. The van der Waals surface area contributed by atoms with Gasteiger partial charge in [0.2, 0.25) is 0 Å². The molecule has 0 fully saturated rings. The molecule has 3 rings (SSSR count). The third-order valence-corrected chi connectivity index (χ3v) is 4.50. The number of hydrogen-bond donors (Lipinski definition) is 1. The molecule has 29 heavy (non-hydrogen) atoms. The van der Waals surface area contributed by atoms with Gasteiger partial charge in [-0.05, 0) is 44.2 Å². The van der Waals surface area contributed by atoms with E-state index in [1.807, 2.05) is 0 Å². The maximum Gasteiger partial charge on any atom is 0.338 e. The SMILES string of the molecule is CCC(=O)C1=C(O)C(=O)N(c2cccc(C(=O)OC(C)C)c2)C1c1ccccn1. The zero-order chi connectivity index (χ0) is 21.1. The van der Waals surface area contributed by atoms with Crippen LogP contribution < -0.4 is 4.90 Å². The maximum absolute atomic E-state index is 12.9. The molecule has 0 saturated heterocycles. The molecule has 1 unspecified atom stereocenters. The number of hydrogen-bond acceptors (Lipinski definition) is 6. The lowest BCUT2D eigenvalue weighted by molar-refractivity contribution is -0.118. The molecule has 7 heteroatoms. The number of carbonyl (C=O) groups is 3. The summed E-state index contributed by atoms with van der Waals surface area (Å²) in [5.74, 6) is -2.18. The van der Waals surface area contributed by atoms with E-state index in [-0.39, 0.29) is 29.4 Å². The van der Waals surface area contributed by atoms with E-state index >= 15 is 0 Å². The van der Waals surface area contributed by atoms with Crippen molar-refractivity contribution in [3.8, 4) is 0 Å². The van der Waals surface area contributed by atoms with Gasteiger partial charge in [0.25, 0.3) is 5.91 Å². The monoisotopic (exact) mass is 394 g/mol. The average Bonchev–Trinajstić information content (AvgIpc) is 2.98. The number of benzene rings is 1. The number of aliphatic hydroxyl groups excluding tert-OH is 1. The van der Waals surface area contributed by atoms with Crippen LogP contribution in [0.4, 0.5) is 5.69 Å². The second kappa shape index (κ2) is 8.26. The lowest BCUT2D eigenvalue weighted by Crippen LogP contribution is -2.31. The summed E-state index contributed by atoms with van der Waals surface area (Å²) >= 11 is 0. The average molecular weight is 394 g/mol. The molecule has 0 spiro atoms. The highest BCUT2D eigenvalue weighted by Crippen LogP contribution is 2.40. The first-order valence-corrected chi connectivity index (χ1v) is 9.37. The van der Waals surface area contributed by atoms with Gasteiger partial charge in [0.05, 0.1) is 22.9 Å². The Labute approximate surface area is 168 Å². The van der Waals surface area contributed by atoms with Crippen LogP contribution in [0, 0.1) is 0 Å². The first kappa shape index (κ1) is 20.3. The molecule has 0 bridgehead atoms. The molecule has 1 aromatic carbocycles. The molecule has 0 radical (unpaired) electrons. The van der Waals surface area contributed by atoms with Crippen molar-refractivity contribution in [3.05, 3.63) is 71.3 Å². The van der Waals surface area contributed by atoms with Gasteiger partial charge in [0.1, 0.15) is 6.04 Å². The largest absolute Gasteiger partial charge is 0.503 e. The summed E-state index contributed by atoms with van der Waals surface area (Å²) in [6.45, 7) is 5.15. The van der Waals surface area contributed by atoms with Crippen molar-refractivity contribution in [1.82, 2.24) is 4.98 Å². The zero-order valence-electron chi connectivity index (χ0n) is 16.5. The molecule has 1 aromatic heterocycles. The third-order valence-electron chi connectivity index (χ3n) is 4.50. The number of carbonyl (C=O) groups excluding carboxylic acids is 3. The lowest BCUT2D eigenvalue weighted by Gasteiger charge is -2.26. The topological polar surface area (TPSA) is 96.8 Å². The molecule has 1 N–H and O–H groups in total. The van der Waals surface area contributed by atoms with E-state index < -0.39 is 23.7 Å². The fourth-order valence-corrected chi connectivity index (χ4v) is 3.23. The first-order valence-electron chi connectivity index (χ1n) is 9.37. The summed E-state index contributed by atoms with van der Waals surface area (Å²) in [4.78, 5) is 43.3. The van der Waals surface area contributed by atoms with E-state index in [0.717, 1.165) is 0 Å². The molecule has 0 saturated carbocycles. The van der Waals surface area contributed by atoms with Gasteiger partial charge in [-0.3, -0.25) is 19.5 Å². The molecule has 2 aromatic rings. The third kappa shape index (κ3) is 3.89. The van der Waals surface area contributed by atoms with Crippen molar-refractivity contribution in [3.63, 3.8) is 0 Å². The highest BCUT2D eigenvalue weighted by atomic mass is 16.5. The Morgan fingerprint density at radius 3 is 2.59 bits per heavy atom.